The summed E-state index contributed by atoms with van der Waals surface area (Å²) in [6.45, 7) is 0.721. The first-order valence-corrected chi connectivity index (χ1v) is 11.1. The molecule has 1 aliphatic heterocycles. The zero-order valence-electron chi connectivity index (χ0n) is 19.7. The van der Waals surface area contributed by atoms with E-state index in [1.807, 2.05) is 4.57 Å². The zero-order chi connectivity index (χ0) is 25.8. The van der Waals surface area contributed by atoms with Crippen molar-refractivity contribution in [3.8, 4) is 11.5 Å². The van der Waals surface area contributed by atoms with E-state index in [1.165, 1.54) is 49.5 Å². The van der Waals surface area contributed by atoms with Crippen molar-refractivity contribution in [3.05, 3.63) is 88.0 Å². The van der Waals surface area contributed by atoms with Gasteiger partial charge in [-0.2, -0.15) is 0 Å². The third kappa shape index (κ3) is 4.63. The number of ketones is 1. The Bertz CT molecular complexity index is 1330. The molecule has 4 rings (SSSR count). The maximum absolute atomic E-state index is 13.2. The third-order valence-electron chi connectivity index (χ3n) is 5.97. The number of nitro groups is 1. The molecule has 0 saturated carbocycles. The summed E-state index contributed by atoms with van der Waals surface area (Å²) < 4.78 is 12.4. The molecular weight excluding hydrogens is 468 g/mol. The molecule has 11 nitrogen and oxygen atoms in total. The zero-order valence-corrected chi connectivity index (χ0v) is 19.7. The van der Waals surface area contributed by atoms with Gasteiger partial charge in [-0.25, -0.2) is 4.98 Å². The Hall–Kier alpha value is -4.67. The summed E-state index contributed by atoms with van der Waals surface area (Å²) in [4.78, 5) is 42.5. The van der Waals surface area contributed by atoms with Crippen LogP contribution in [0.2, 0.25) is 0 Å². The molecule has 1 N–H and O–H groups in total. The molecule has 1 saturated heterocycles. The summed E-state index contributed by atoms with van der Waals surface area (Å²) in [6, 6.07) is 9.28. The predicted octanol–water partition coefficient (Wildman–Crippen LogP) is 3.32. The molecule has 11 heteroatoms. The molecule has 1 unspecified atom stereocenters. The minimum absolute atomic E-state index is 0.157. The van der Waals surface area contributed by atoms with Crippen molar-refractivity contribution in [2.75, 3.05) is 20.8 Å². The molecule has 1 aliphatic rings. The van der Waals surface area contributed by atoms with Gasteiger partial charge in [0.2, 0.25) is 0 Å². The molecule has 0 aliphatic carbocycles. The van der Waals surface area contributed by atoms with Crippen molar-refractivity contribution in [1.82, 2.24) is 14.5 Å². The maximum atomic E-state index is 13.2. The van der Waals surface area contributed by atoms with E-state index in [9.17, 15) is 24.8 Å². The van der Waals surface area contributed by atoms with Crippen molar-refractivity contribution in [3.63, 3.8) is 0 Å². The Labute approximate surface area is 206 Å². The number of amides is 1. The highest BCUT2D eigenvalue weighted by Gasteiger charge is 2.46. The Balaban J connectivity index is 1.79. The molecule has 0 spiro atoms. The number of nitro benzene ring substituents is 1. The number of carbonyl (C=O) groups is 2. The number of benzene rings is 2. The Morgan fingerprint density at radius 3 is 2.56 bits per heavy atom. The number of nitrogens with zero attached hydrogens (tertiary/aromatic N) is 4. The van der Waals surface area contributed by atoms with E-state index in [4.69, 9.17) is 9.47 Å². The van der Waals surface area contributed by atoms with Crippen LogP contribution in [0.25, 0.3) is 5.76 Å². The normalized spacial score (nSPS) is 16.8. The van der Waals surface area contributed by atoms with Crippen LogP contribution >= 0.6 is 0 Å². The van der Waals surface area contributed by atoms with Gasteiger partial charge in [0.1, 0.15) is 5.76 Å². The Morgan fingerprint density at radius 2 is 1.89 bits per heavy atom. The number of non-ortho nitro benzene ring substituents is 1. The average Bonchev–Trinajstić information content (AvgIpc) is 3.50. The lowest BCUT2D eigenvalue weighted by Crippen LogP contribution is -2.31. The van der Waals surface area contributed by atoms with Crippen LogP contribution in [0.1, 0.15) is 23.6 Å². The van der Waals surface area contributed by atoms with Crippen LogP contribution < -0.4 is 9.47 Å². The van der Waals surface area contributed by atoms with Gasteiger partial charge in [-0.05, 0) is 30.2 Å². The fourth-order valence-electron chi connectivity index (χ4n) is 4.25. The van der Waals surface area contributed by atoms with E-state index < -0.39 is 28.4 Å². The van der Waals surface area contributed by atoms with E-state index >= 15 is 0 Å². The van der Waals surface area contributed by atoms with Crippen molar-refractivity contribution < 1.29 is 29.1 Å². The van der Waals surface area contributed by atoms with Gasteiger partial charge in [-0.15, -0.1) is 0 Å². The van der Waals surface area contributed by atoms with Gasteiger partial charge in [-0.1, -0.05) is 12.1 Å². The third-order valence-corrected chi connectivity index (χ3v) is 5.97. The molecule has 0 bridgehead atoms. The summed E-state index contributed by atoms with van der Waals surface area (Å²) >= 11 is 0. The van der Waals surface area contributed by atoms with E-state index in [0.29, 0.717) is 30.0 Å². The Kier molecular flexibility index (Phi) is 7.00. The number of aliphatic hydroxyl groups excluding tert-OH is 1. The average molecular weight is 492 g/mol. The second kappa shape index (κ2) is 10.3. The molecule has 1 aromatic heterocycles. The number of aliphatic hydroxyl groups is 1. The standard InChI is InChI=1S/C25H24N4O7/c1-35-19-8-7-17(14-20(19)36-2)23(30)21-22(16-5-3-6-18(13-16)29(33)34)28(25(32)24(21)31)11-4-10-27-12-9-26-15-27/h3,5-9,12-15,22,30H,4,10-11H2,1-2H3/b23-21+. The molecule has 0 radical (unpaired) electrons. The number of carbonyl (C=O) groups excluding carboxylic acids is 2. The molecular formula is C25H24N4O7. The molecule has 186 valence electrons. The predicted molar refractivity (Wildman–Crippen MR) is 128 cm³/mol. The molecule has 1 fully saturated rings. The molecule has 2 heterocycles. The lowest BCUT2D eigenvalue weighted by Gasteiger charge is -2.25. The van der Waals surface area contributed by atoms with Gasteiger partial charge < -0.3 is 24.0 Å². The SMILES string of the molecule is COc1ccc(/C(O)=C2\C(=O)C(=O)N(CCCn3ccnc3)C2c2cccc([N+](=O)[O-])c2)cc1OC. The number of hydrogen-bond acceptors (Lipinski definition) is 8. The monoisotopic (exact) mass is 492 g/mol. The highest BCUT2D eigenvalue weighted by Crippen LogP contribution is 2.41. The minimum atomic E-state index is -1.01. The number of hydrogen-bond donors (Lipinski definition) is 1. The minimum Gasteiger partial charge on any atom is -0.507 e. The number of ether oxygens (including phenoxy) is 2. The van der Waals surface area contributed by atoms with Crippen LogP contribution in [0.15, 0.2) is 66.8 Å². The topological polar surface area (TPSA) is 137 Å². The van der Waals surface area contributed by atoms with Crippen LogP contribution in [-0.4, -0.2) is 56.9 Å². The van der Waals surface area contributed by atoms with Gasteiger partial charge >= 0.3 is 0 Å². The van der Waals surface area contributed by atoms with E-state index in [0.717, 1.165) is 0 Å². The van der Waals surface area contributed by atoms with Crippen molar-refractivity contribution in [2.45, 2.75) is 19.0 Å². The van der Waals surface area contributed by atoms with E-state index in [1.54, 1.807) is 30.9 Å². The molecule has 36 heavy (non-hydrogen) atoms. The van der Waals surface area contributed by atoms with Gasteiger partial charge in [-0.3, -0.25) is 19.7 Å². The number of likely N-dealkylation sites (tertiary alicyclic amines) is 1. The number of rotatable bonds is 9. The van der Waals surface area contributed by atoms with Crippen LogP contribution in [0, 0.1) is 10.1 Å². The molecule has 3 aromatic rings. The van der Waals surface area contributed by atoms with Crippen molar-refractivity contribution >= 4 is 23.1 Å². The highest BCUT2D eigenvalue weighted by atomic mass is 16.6. The molecule has 2 aromatic carbocycles. The summed E-state index contributed by atoms with van der Waals surface area (Å²) in [7, 11) is 2.90. The van der Waals surface area contributed by atoms with Gasteiger partial charge in [0.15, 0.2) is 11.5 Å². The number of aryl methyl sites for hydroxylation is 1. The van der Waals surface area contributed by atoms with E-state index in [-0.39, 0.29) is 23.4 Å². The molecule has 1 atom stereocenters. The largest absolute Gasteiger partial charge is 0.507 e. The first-order chi connectivity index (χ1) is 17.3. The fourth-order valence-corrected chi connectivity index (χ4v) is 4.25. The van der Waals surface area contributed by atoms with Gasteiger partial charge in [0.05, 0.1) is 37.1 Å². The second-order valence-corrected chi connectivity index (χ2v) is 8.07. The van der Waals surface area contributed by atoms with Gasteiger partial charge in [0, 0.05) is 43.2 Å². The lowest BCUT2D eigenvalue weighted by atomic mass is 9.94. The summed E-state index contributed by atoms with van der Waals surface area (Å²) in [5.74, 6) is -1.34. The smallest absolute Gasteiger partial charge is 0.295 e. The second-order valence-electron chi connectivity index (χ2n) is 8.07. The number of aromatic nitrogens is 2. The first kappa shape index (κ1) is 24.5. The summed E-state index contributed by atoms with van der Waals surface area (Å²) in [5, 5.41) is 22.6. The summed E-state index contributed by atoms with van der Waals surface area (Å²) in [5.41, 5.74) is 0.227. The van der Waals surface area contributed by atoms with Crippen LogP contribution in [0.3, 0.4) is 0 Å². The summed E-state index contributed by atoms with van der Waals surface area (Å²) in [6.07, 6.45) is 5.55. The Morgan fingerprint density at radius 1 is 1.11 bits per heavy atom. The van der Waals surface area contributed by atoms with Crippen LogP contribution in [0.5, 0.6) is 11.5 Å². The van der Waals surface area contributed by atoms with Gasteiger partial charge in [0.25, 0.3) is 17.4 Å². The fraction of sp³-hybridized carbons (Fsp3) is 0.240. The maximum Gasteiger partial charge on any atom is 0.295 e. The van der Waals surface area contributed by atoms with Crippen LogP contribution in [-0.2, 0) is 16.1 Å². The first-order valence-electron chi connectivity index (χ1n) is 11.1. The lowest BCUT2D eigenvalue weighted by molar-refractivity contribution is -0.384. The van der Waals surface area contributed by atoms with Crippen LogP contribution in [0.4, 0.5) is 5.69 Å². The number of imidazole rings is 1. The van der Waals surface area contributed by atoms with Crippen molar-refractivity contribution in [1.29, 1.82) is 0 Å². The highest BCUT2D eigenvalue weighted by molar-refractivity contribution is 6.46. The van der Waals surface area contributed by atoms with Crippen molar-refractivity contribution in [2.24, 2.45) is 0 Å². The number of Topliss-reactive ketones (excluding diaryl/α,β-unsaturated/α-hetero) is 1. The quantitative estimate of drug-likeness (QED) is 0.158. The number of methoxy groups -OCH3 is 2. The van der Waals surface area contributed by atoms with E-state index in [2.05, 4.69) is 4.98 Å². The molecule has 1 amide bonds.